The van der Waals surface area contributed by atoms with Gasteiger partial charge in [0.15, 0.2) is 6.10 Å². The smallest absolute Gasteiger partial charge is 0.306 e. The van der Waals surface area contributed by atoms with Crippen molar-refractivity contribution in [2.75, 3.05) is 13.2 Å². The second-order valence-electron chi connectivity index (χ2n) is 17.4. The van der Waals surface area contributed by atoms with Gasteiger partial charge in [0, 0.05) is 19.3 Å². The number of carbonyl (C=O) groups excluding carboxylic acids is 3. The Morgan fingerprint density at radius 3 is 1.08 bits per heavy atom. The zero-order chi connectivity index (χ0) is 45.1. The Morgan fingerprint density at radius 2 is 0.661 bits per heavy atom. The van der Waals surface area contributed by atoms with E-state index < -0.39 is 6.10 Å². The number of ether oxygens (including phenoxy) is 3. The summed E-state index contributed by atoms with van der Waals surface area (Å²) < 4.78 is 16.7. The van der Waals surface area contributed by atoms with Crippen LogP contribution in [0, 0.1) is 0 Å². The van der Waals surface area contributed by atoms with Gasteiger partial charge in [0.2, 0.25) is 0 Å². The Hall–Kier alpha value is -2.89. The molecule has 0 N–H and O–H groups in total. The molecule has 358 valence electrons. The van der Waals surface area contributed by atoms with E-state index in [0.717, 1.165) is 96.3 Å². The maximum Gasteiger partial charge on any atom is 0.306 e. The summed E-state index contributed by atoms with van der Waals surface area (Å²) in [6.45, 7) is 6.43. The molecule has 0 heterocycles. The van der Waals surface area contributed by atoms with E-state index >= 15 is 0 Å². The van der Waals surface area contributed by atoms with E-state index in [0.29, 0.717) is 19.3 Å². The average molecular weight is 867 g/mol. The molecule has 0 saturated carbocycles. The van der Waals surface area contributed by atoms with Crippen molar-refractivity contribution in [3.8, 4) is 0 Å². The van der Waals surface area contributed by atoms with Crippen LogP contribution in [0.25, 0.3) is 0 Å². The van der Waals surface area contributed by atoms with Crippen molar-refractivity contribution in [2.45, 2.75) is 264 Å². The molecule has 0 aliphatic rings. The van der Waals surface area contributed by atoms with Gasteiger partial charge in [0.1, 0.15) is 13.2 Å². The molecule has 1 atom stereocenters. The van der Waals surface area contributed by atoms with Gasteiger partial charge in [-0.05, 0) is 96.3 Å². The van der Waals surface area contributed by atoms with Crippen molar-refractivity contribution in [1.29, 1.82) is 0 Å². The topological polar surface area (TPSA) is 78.9 Å². The highest BCUT2D eigenvalue weighted by Crippen LogP contribution is 2.15. The average Bonchev–Trinajstić information content (AvgIpc) is 3.27. The number of rotatable bonds is 47. The van der Waals surface area contributed by atoms with E-state index in [2.05, 4.69) is 81.5 Å². The molecule has 0 aliphatic heterocycles. The first-order valence-corrected chi connectivity index (χ1v) is 26.3. The van der Waals surface area contributed by atoms with Crippen LogP contribution in [-0.4, -0.2) is 37.2 Å². The van der Waals surface area contributed by atoms with Gasteiger partial charge < -0.3 is 14.2 Å². The lowest BCUT2D eigenvalue weighted by atomic mass is 10.1. The summed E-state index contributed by atoms with van der Waals surface area (Å²) in [6, 6.07) is 0. The van der Waals surface area contributed by atoms with E-state index in [1.54, 1.807) is 0 Å². The van der Waals surface area contributed by atoms with Crippen LogP contribution < -0.4 is 0 Å². The van der Waals surface area contributed by atoms with Gasteiger partial charge in [-0.15, -0.1) is 0 Å². The third kappa shape index (κ3) is 48.1. The summed E-state index contributed by atoms with van der Waals surface area (Å²) in [7, 11) is 0. The zero-order valence-electron chi connectivity index (χ0n) is 40.9. The molecule has 0 rings (SSSR count). The third-order valence-electron chi connectivity index (χ3n) is 11.2. The van der Waals surface area contributed by atoms with E-state index in [1.807, 2.05) is 0 Å². The lowest BCUT2D eigenvalue weighted by molar-refractivity contribution is -0.167. The summed E-state index contributed by atoms with van der Waals surface area (Å²) in [4.78, 5) is 37.9. The largest absolute Gasteiger partial charge is 0.462 e. The Bertz CT molecular complexity index is 1130. The number of hydrogen-bond donors (Lipinski definition) is 0. The molecule has 0 bridgehead atoms. The first kappa shape index (κ1) is 59.1. The molecule has 62 heavy (non-hydrogen) atoms. The quantitative estimate of drug-likeness (QED) is 0.0262. The van der Waals surface area contributed by atoms with E-state index in [4.69, 9.17) is 14.2 Å². The van der Waals surface area contributed by atoms with Crippen LogP contribution in [0.2, 0.25) is 0 Å². The van der Waals surface area contributed by atoms with Gasteiger partial charge in [-0.1, -0.05) is 204 Å². The number of esters is 3. The molecular weight excluding hydrogens is 769 g/mol. The van der Waals surface area contributed by atoms with E-state index in [1.165, 1.54) is 122 Å². The minimum Gasteiger partial charge on any atom is -0.462 e. The minimum atomic E-state index is -0.791. The first-order chi connectivity index (χ1) is 30.5. The van der Waals surface area contributed by atoms with E-state index in [9.17, 15) is 14.4 Å². The molecule has 0 amide bonds. The van der Waals surface area contributed by atoms with Gasteiger partial charge in [0.05, 0.1) is 0 Å². The summed E-state index contributed by atoms with van der Waals surface area (Å²) in [5.41, 5.74) is 0. The molecule has 0 fully saturated rings. The highest BCUT2D eigenvalue weighted by molar-refractivity contribution is 5.71. The van der Waals surface area contributed by atoms with Gasteiger partial charge in [-0.25, -0.2) is 0 Å². The fourth-order valence-electron chi connectivity index (χ4n) is 7.28. The highest BCUT2D eigenvalue weighted by atomic mass is 16.6. The second kappa shape index (κ2) is 50.8. The van der Waals surface area contributed by atoms with Crippen molar-refractivity contribution in [3.63, 3.8) is 0 Å². The maximum absolute atomic E-state index is 12.8. The number of hydrogen-bond acceptors (Lipinski definition) is 6. The molecule has 0 aliphatic carbocycles. The lowest BCUT2D eigenvalue weighted by Gasteiger charge is -2.18. The summed E-state index contributed by atoms with van der Waals surface area (Å²) in [6.07, 6.45) is 62.2. The number of carbonyl (C=O) groups is 3. The fraction of sp³-hybridized carbons (Fsp3) is 0.768. The molecule has 0 aromatic carbocycles. The summed E-state index contributed by atoms with van der Waals surface area (Å²) in [5, 5.41) is 0. The Labute approximate surface area is 383 Å². The fourth-order valence-corrected chi connectivity index (χ4v) is 7.28. The Balaban J connectivity index is 4.30. The van der Waals surface area contributed by atoms with Gasteiger partial charge >= 0.3 is 17.9 Å². The highest BCUT2D eigenvalue weighted by Gasteiger charge is 2.19. The molecule has 6 nitrogen and oxygen atoms in total. The maximum atomic E-state index is 12.8. The SMILES string of the molecule is CC/C=C\C/C=C\C/C=C\CCCCCC(=O)OC(COC(=O)CCCCCCC/C=C\CCC)COC(=O)CCCCCCCCCCC/C=C\CCCCCCCCCC. The van der Waals surface area contributed by atoms with Crippen molar-refractivity contribution < 1.29 is 28.6 Å². The van der Waals surface area contributed by atoms with Crippen LogP contribution >= 0.6 is 0 Å². The molecule has 0 aromatic rings. The minimum absolute atomic E-state index is 0.0895. The second-order valence-corrected chi connectivity index (χ2v) is 17.4. The predicted molar refractivity (Wildman–Crippen MR) is 265 cm³/mol. The van der Waals surface area contributed by atoms with Crippen LogP contribution in [0.15, 0.2) is 60.8 Å². The number of unbranched alkanes of at least 4 members (excludes halogenated alkanes) is 26. The zero-order valence-corrected chi connectivity index (χ0v) is 40.9. The Morgan fingerprint density at radius 1 is 0.339 bits per heavy atom. The Kier molecular flexibility index (Phi) is 48.4. The molecule has 0 saturated heterocycles. The standard InChI is InChI=1S/C56H98O6/c1-4-7-10-13-16-19-22-24-25-26-27-28-29-30-31-33-34-37-40-43-46-49-55(58)61-52-53(51-60-54(57)48-45-42-39-36-21-18-15-12-9-6-3)62-56(59)50-47-44-41-38-35-32-23-20-17-14-11-8-5-2/h8,11-12,15,17,20,26-27,32,35,53H,4-7,9-10,13-14,16,18-19,21-25,28-31,33-34,36-52H2,1-3H3/b11-8-,15-12-,20-17-,27-26-,35-32-. The van der Waals surface area contributed by atoms with Crippen molar-refractivity contribution in [3.05, 3.63) is 60.8 Å². The normalized spacial score (nSPS) is 12.5. The molecular formula is C56H98O6. The molecule has 1 unspecified atom stereocenters. The van der Waals surface area contributed by atoms with Gasteiger partial charge in [-0.3, -0.25) is 14.4 Å². The monoisotopic (exact) mass is 867 g/mol. The molecule has 0 spiro atoms. The van der Waals surface area contributed by atoms with Crippen LogP contribution in [-0.2, 0) is 28.6 Å². The van der Waals surface area contributed by atoms with Crippen LogP contribution in [0.1, 0.15) is 258 Å². The lowest BCUT2D eigenvalue weighted by Crippen LogP contribution is -2.30. The van der Waals surface area contributed by atoms with E-state index in [-0.39, 0.29) is 31.1 Å². The van der Waals surface area contributed by atoms with Crippen LogP contribution in [0.5, 0.6) is 0 Å². The molecule has 6 heteroatoms. The van der Waals surface area contributed by atoms with Crippen molar-refractivity contribution >= 4 is 17.9 Å². The van der Waals surface area contributed by atoms with Gasteiger partial charge in [-0.2, -0.15) is 0 Å². The summed E-state index contributed by atoms with van der Waals surface area (Å²) >= 11 is 0. The van der Waals surface area contributed by atoms with Crippen molar-refractivity contribution in [2.24, 2.45) is 0 Å². The first-order valence-electron chi connectivity index (χ1n) is 26.3. The van der Waals surface area contributed by atoms with Crippen LogP contribution in [0.4, 0.5) is 0 Å². The predicted octanol–water partition coefficient (Wildman–Crippen LogP) is 17.3. The number of allylic oxidation sites excluding steroid dienone is 10. The van der Waals surface area contributed by atoms with Crippen molar-refractivity contribution in [1.82, 2.24) is 0 Å². The van der Waals surface area contributed by atoms with Gasteiger partial charge in [0.25, 0.3) is 0 Å². The summed E-state index contributed by atoms with van der Waals surface area (Å²) in [5.74, 6) is -0.930. The van der Waals surface area contributed by atoms with Crippen LogP contribution in [0.3, 0.4) is 0 Å². The third-order valence-corrected chi connectivity index (χ3v) is 11.2. The molecule has 0 aromatic heterocycles. The molecule has 0 radical (unpaired) electrons.